The second-order valence-electron chi connectivity index (χ2n) is 3.38. The Morgan fingerprint density at radius 1 is 1.31 bits per heavy atom. The SMILES string of the molecule is CS(C)=C(O)C(=CC(=O)S)c1ccccc1. The van der Waals surface area contributed by atoms with Crippen molar-refractivity contribution in [3.8, 4) is 0 Å². The zero-order chi connectivity index (χ0) is 12.1. The normalized spacial score (nSPS) is 11.7. The summed E-state index contributed by atoms with van der Waals surface area (Å²) in [7, 11) is -0.290. The zero-order valence-corrected chi connectivity index (χ0v) is 10.9. The third-order valence-electron chi connectivity index (χ3n) is 1.97. The van der Waals surface area contributed by atoms with Crippen molar-refractivity contribution in [1.29, 1.82) is 0 Å². The maximum atomic E-state index is 11.0. The summed E-state index contributed by atoms with van der Waals surface area (Å²) in [6.07, 6.45) is 5.14. The minimum absolute atomic E-state index is 0.230. The van der Waals surface area contributed by atoms with Crippen LogP contribution >= 0.6 is 23.1 Å². The van der Waals surface area contributed by atoms with Crippen molar-refractivity contribution in [1.82, 2.24) is 0 Å². The number of carbonyl (C=O) groups is 1. The molecule has 1 N–H and O–H groups in total. The lowest BCUT2D eigenvalue weighted by molar-refractivity contribution is -0.106. The quantitative estimate of drug-likeness (QED) is 0.494. The fourth-order valence-corrected chi connectivity index (χ4v) is 1.98. The van der Waals surface area contributed by atoms with E-state index in [-0.39, 0.29) is 20.6 Å². The van der Waals surface area contributed by atoms with Gasteiger partial charge >= 0.3 is 0 Å². The van der Waals surface area contributed by atoms with E-state index in [0.29, 0.717) is 5.57 Å². The summed E-state index contributed by atoms with van der Waals surface area (Å²) >= 11 is 3.71. The number of benzene rings is 1. The van der Waals surface area contributed by atoms with Gasteiger partial charge in [-0.15, -0.1) is 12.6 Å². The van der Waals surface area contributed by atoms with Gasteiger partial charge in [0, 0.05) is 11.6 Å². The predicted molar refractivity (Wildman–Crippen MR) is 75.5 cm³/mol. The first kappa shape index (κ1) is 13.2. The minimum Gasteiger partial charge on any atom is -0.355 e. The van der Waals surface area contributed by atoms with E-state index in [2.05, 4.69) is 12.6 Å². The molecular formula is C12H14O2S2. The summed E-state index contributed by atoms with van der Waals surface area (Å²) in [5, 5.41) is 9.83. The van der Waals surface area contributed by atoms with E-state index in [1.54, 1.807) is 0 Å². The van der Waals surface area contributed by atoms with Gasteiger partial charge in [-0.25, -0.2) is 0 Å². The van der Waals surface area contributed by atoms with E-state index in [9.17, 15) is 9.90 Å². The third kappa shape index (κ3) is 3.63. The number of aliphatic hydroxyl groups excluding tert-OH is 1. The third-order valence-corrected chi connectivity index (χ3v) is 3.09. The number of aliphatic hydroxyl groups is 1. The summed E-state index contributed by atoms with van der Waals surface area (Å²) in [4.78, 5) is 11.0. The van der Waals surface area contributed by atoms with Gasteiger partial charge in [0.2, 0.25) is 5.12 Å². The molecule has 1 rings (SSSR count). The van der Waals surface area contributed by atoms with Crippen molar-refractivity contribution in [3.63, 3.8) is 0 Å². The number of rotatable bonds is 3. The van der Waals surface area contributed by atoms with Crippen LogP contribution in [0.5, 0.6) is 0 Å². The molecule has 0 spiro atoms. The molecule has 0 aliphatic rings. The Kier molecular flexibility index (Phi) is 4.99. The predicted octanol–water partition coefficient (Wildman–Crippen LogP) is 2.74. The van der Waals surface area contributed by atoms with Crippen LogP contribution in [-0.4, -0.2) is 27.8 Å². The summed E-state index contributed by atoms with van der Waals surface area (Å²) in [5.41, 5.74) is 1.37. The highest BCUT2D eigenvalue weighted by atomic mass is 32.2. The van der Waals surface area contributed by atoms with Crippen molar-refractivity contribution in [3.05, 3.63) is 42.0 Å². The molecule has 2 nitrogen and oxygen atoms in total. The topological polar surface area (TPSA) is 37.3 Å². The highest BCUT2D eigenvalue weighted by Gasteiger charge is 2.08. The van der Waals surface area contributed by atoms with Crippen molar-refractivity contribution in [2.24, 2.45) is 0 Å². The Bertz CT molecular complexity index is 443. The number of thiol groups is 1. The molecular weight excluding hydrogens is 240 g/mol. The lowest BCUT2D eigenvalue weighted by Crippen LogP contribution is -2.02. The first-order valence-corrected chi connectivity index (χ1v) is 7.15. The lowest BCUT2D eigenvalue weighted by atomic mass is 10.1. The number of hydrogen-bond acceptors (Lipinski definition) is 1. The van der Waals surface area contributed by atoms with Crippen LogP contribution in [0.2, 0.25) is 0 Å². The Morgan fingerprint density at radius 3 is 2.31 bits per heavy atom. The molecule has 1 aromatic carbocycles. The highest BCUT2D eigenvalue weighted by molar-refractivity contribution is 8.15. The Balaban J connectivity index is 3.29. The van der Waals surface area contributed by atoms with Gasteiger partial charge in [-0.2, -0.15) is 10.5 Å². The molecule has 0 aliphatic carbocycles. The van der Waals surface area contributed by atoms with Crippen LogP contribution in [0.4, 0.5) is 0 Å². The van der Waals surface area contributed by atoms with Gasteiger partial charge in [0.05, 0.1) is 0 Å². The Labute approximate surface area is 103 Å². The van der Waals surface area contributed by atoms with Crippen LogP contribution in [0, 0.1) is 0 Å². The first-order chi connectivity index (χ1) is 7.52. The van der Waals surface area contributed by atoms with E-state index in [0.717, 1.165) is 5.56 Å². The van der Waals surface area contributed by atoms with Crippen LogP contribution in [-0.2, 0) is 4.79 Å². The lowest BCUT2D eigenvalue weighted by Gasteiger charge is -2.08. The van der Waals surface area contributed by atoms with Crippen LogP contribution in [0.1, 0.15) is 5.56 Å². The van der Waals surface area contributed by atoms with Gasteiger partial charge < -0.3 is 5.11 Å². The molecule has 0 heterocycles. The summed E-state index contributed by atoms with van der Waals surface area (Å²) in [6, 6.07) is 9.32. The van der Waals surface area contributed by atoms with E-state index < -0.39 is 0 Å². The van der Waals surface area contributed by atoms with Gasteiger partial charge in [-0.05, 0) is 18.1 Å². The largest absolute Gasteiger partial charge is 0.355 e. The molecule has 0 radical (unpaired) electrons. The molecule has 0 saturated carbocycles. The monoisotopic (exact) mass is 254 g/mol. The summed E-state index contributed by atoms with van der Waals surface area (Å²) in [6.45, 7) is 0. The fraction of sp³-hybridized carbons (Fsp3) is 0.167. The molecule has 86 valence electrons. The fourth-order valence-electron chi connectivity index (χ4n) is 1.23. The average molecular weight is 254 g/mol. The van der Waals surface area contributed by atoms with Gasteiger partial charge in [-0.3, -0.25) is 4.79 Å². The average Bonchev–Trinajstić information content (AvgIpc) is 2.26. The van der Waals surface area contributed by atoms with Crippen LogP contribution < -0.4 is 0 Å². The highest BCUT2D eigenvalue weighted by Crippen LogP contribution is 2.20. The van der Waals surface area contributed by atoms with Gasteiger partial charge in [0.15, 0.2) is 0 Å². The standard InChI is InChI=1S/C12H14O2S2/c1-16(2)12(14)10(8-11(13)15)9-6-4-3-5-7-9/h3-8,14H,1-2H3,(H,13,15). The van der Waals surface area contributed by atoms with E-state index in [1.165, 1.54) is 6.08 Å². The molecule has 0 amide bonds. The van der Waals surface area contributed by atoms with E-state index in [1.807, 2.05) is 42.8 Å². The van der Waals surface area contributed by atoms with Crippen molar-refractivity contribution >= 4 is 38.9 Å². The molecule has 4 heteroatoms. The summed E-state index contributed by atoms with van der Waals surface area (Å²) < 4.78 is 0. The van der Waals surface area contributed by atoms with E-state index >= 15 is 0 Å². The maximum absolute atomic E-state index is 11.0. The van der Waals surface area contributed by atoms with Crippen molar-refractivity contribution in [2.45, 2.75) is 0 Å². The second kappa shape index (κ2) is 6.03. The molecule has 0 saturated heterocycles. The molecule has 0 atom stereocenters. The Morgan fingerprint density at radius 2 is 1.88 bits per heavy atom. The molecule has 0 unspecified atom stereocenters. The van der Waals surface area contributed by atoms with Gasteiger partial charge in [0.25, 0.3) is 0 Å². The second-order valence-corrected chi connectivity index (χ2v) is 5.84. The van der Waals surface area contributed by atoms with Crippen molar-refractivity contribution in [2.75, 3.05) is 12.5 Å². The number of carbonyl (C=O) groups excluding carboxylic acids is 1. The molecule has 0 fully saturated rings. The van der Waals surface area contributed by atoms with Gasteiger partial charge in [0.1, 0.15) is 5.05 Å². The van der Waals surface area contributed by atoms with Crippen LogP contribution in [0.25, 0.3) is 5.57 Å². The smallest absolute Gasteiger partial charge is 0.209 e. The van der Waals surface area contributed by atoms with Crippen LogP contribution in [0.3, 0.4) is 0 Å². The molecule has 1 aromatic rings. The van der Waals surface area contributed by atoms with Gasteiger partial charge in [-0.1, -0.05) is 30.3 Å². The Hall–Kier alpha value is -0.840. The van der Waals surface area contributed by atoms with Crippen molar-refractivity contribution < 1.29 is 9.90 Å². The number of hydrogen-bond donors (Lipinski definition) is 2. The first-order valence-electron chi connectivity index (χ1n) is 4.66. The summed E-state index contributed by atoms with van der Waals surface area (Å²) in [5.74, 6) is 0. The zero-order valence-electron chi connectivity index (χ0n) is 9.18. The van der Waals surface area contributed by atoms with E-state index in [4.69, 9.17) is 0 Å². The molecule has 0 aliphatic heterocycles. The molecule has 0 aromatic heterocycles. The maximum Gasteiger partial charge on any atom is 0.209 e. The molecule has 16 heavy (non-hydrogen) atoms. The molecule has 0 bridgehead atoms. The van der Waals surface area contributed by atoms with Crippen LogP contribution in [0.15, 0.2) is 36.4 Å². The minimum atomic E-state index is -0.365.